The summed E-state index contributed by atoms with van der Waals surface area (Å²) < 4.78 is 0. The average Bonchev–Trinajstić information content (AvgIpc) is 2.34. The molecule has 1 aromatic rings. The standard InChI is InChI=1S/C15H24N2O/c1-4-12-7-9-13(10-8-12)6-5-11-17-14(18)15(2,3)16/h7-10H,4-6,11,16H2,1-3H3,(H,17,18). The maximum atomic E-state index is 11.5. The fraction of sp³-hybridized carbons (Fsp3) is 0.533. The Morgan fingerprint density at radius 3 is 2.28 bits per heavy atom. The molecule has 100 valence electrons. The van der Waals surface area contributed by atoms with Gasteiger partial charge in [0.15, 0.2) is 0 Å². The minimum atomic E-state index is -0.789. The van der Waals surface area contributed by atoms with E-state index in [4.69, 9.17) is 5.73 Å². The summed E-state index contributed by atoms with van der Waals surface area (Å²) in [4.78, 5) is 11.5. The number of aryl methyl sites for hydroxylation is 2. The molecule has 0 aromatic heterocycles. The monoisotopic (exact) mass is 248 g/mol. The van der Waals surface area contributed by atoms with Gasteiger partial charge in [0.1, 0.15) is 0 Å². The molecule has 0 aliphatic rings. The molecule has 1 amide bonds. The van der Waals surface area contributed by atoms with Gasteiger partial charge in [-0.2, -0.15) is 0 Å². The lowest BCUT2D eigenvalue weighted by molar-refractivity contribution is -0.125. The lowest BCUT2D eigenvalue weighted by Gasteiger charge is -2.17. The van der Waals surface area contributed by atoms with Crippen LogP contribution < -0.4 is 11.1 Å². The van der Waals surface area contributed by atoms with Crippen LogP contribution >= 0.6 is 0 Å². The van der Waals surface area contributed by atoms with E-state index in [9.17, 15) is 4.79 Å². The molecule has 0 heterocycles. The third-order valence-electron chi connectivity index (χ3n) is 2.94. The van der Waals surface area contributed by atoms with Crippen molar-refractivity contribution in [2.75, 3.05) is 6.54 Å². The van der Waals surface area contributed by atoms with Crippen LogP contribution in [0.4, 0.5) is 0 Å². The van der Waals surface area contributed by atoms with Crippen LogP contribution in [0.5, 0.6) is 0 Å². The van der Waals surface area contributed by atoms with Crippen molar-refractivity contribution in [3.63, 3.8) is 0 Å². The van der Waals surface area contributed by atoms with Crippen LogP contribution in [0.25, 0.3) is 0 Å². The zero-order valence-electron chi connectivity index (χ0n) is 11.6. The number of hydrogen-bond acceptors (Lipinski definition) is 2. The highest BCUT2D eigenvalue weighted by molar-refractivity contribution is 5.84. The summed E-state index contributed by atoms with van der Waals surface area (Å²) in [6, 6.07) is 8.65. The van der Waals surface area contributed by atoms with Crippen molar-refractivity contribution >= 4 is 5.91 Å². The summed E-state index contributed by atoms with van der Waals surface area (Å²) in [7, 11) is 0. The fourth-order valence-corrected chi connectivity index (χ4v) is 1.66. The number of rotatable bonds is 6. The molecule has 0 radical (unpaired) electrons. The largest absolute Gasteiger partial charge is 0.355 e. The third-order valence-corrected chi connectivity index (χ3v) is 2.94. The SMILES string of the molecule is CCc1ccc(CCCNC(=O)C(C)(C)N)cc1. The molecule has 0 atom stereocenters. The van der Waals surface area contributed by atoms with Gasteiger partial charge in [0.05, 0.1) is 5.54 Å². The fourth-order valence-electron chi connectivity index (χ4n) is 1.66. The molecule has 18 heavy (non-hydrogen) atoms. The molecule has 0 saturated heterocycles. The molecule has 0 unspecified atom stereocenters. The van der Waals surface area contributed by atoms with E-state index in [1.807, 2.05) is 0 Å². The van der Waals surface area contributed by atoms with E-state index in [0.29, 0.717) is 6.54 Å². The topological polar surface area (TPSA) is 55.1 Å². The smallest absolute Gasteiger partial charge is 0.239 e. The molecule has 3 N–H and O–H groups in total. The molecule has 1 aromatic carbocycles. The minimum Gasteiger partial charge on any atom is -0.355 e. The van der Waals surface area contributed by atoms with Crippen molar-refractivity contribution in [3.8, 4) is 0 Å². The van der Waals surface area contributed by atoms with E-state index < -0.39 is 5.54 Å². The lowest BCUT2D eigenvalue weighted by Crippen LogP contribution is -2.49. The number of nitrogens with two attached hydrogens (primary N) is 1. The first-order valence-electron chi connectivity index (χ1n) is 6.58. The normalized spacial score (nSPS) is 11.3. The number of nitrogens with one attached hydrogen (secondary N) is 1. The quantitative estimate of drug-likeness (QED) is 0.757. The summed E-state index contributed by atoms with van der Waals surface area (Å²) >= 11 is 0. The summed E-state index contributed by atoms with van der Waals surface area (Å²) in [6.45, 7) is 6.26. The Morgan fingerprint density at radius 1 is 1.22 bits per heavy atom. The number of amides is 1. The van der Waals surface area contributed by atoms with Crippen molar-refractivity contribution in [2.24, 2.45) is 5.73 Å². The van der Waals surface area contributed by atoms with Gasteiger partial charge < -0.3 is 11.1 Å². The minimum absolute atomic E-state index is 0.0937. The zero-order chi connectivity index (χ0) is 13.6. The zero-order valence-corrected chi connectivity index (χ0v) is 11.6. The van der Waals surface area contributed by atoms with Crippen molar-refractivity contribution in [3.05, 3.63) is 35.4 Å². The Morgan fingerprint density at radius 2 is 1.78 bits per heavy atom. The van der Waals surface area contributed by atoms with Crippen LogP contribution in [0.15, 0.2) is 24.3 Å². The van der Waals surface area contributed by atoms with E-state index in [2.05, 4.69) is 36.5 Å². The van der Waals surface area contributed by atoms with Gasteiger partial charge in [-0.05, 0) is 44.2 Å². The van der Waals surface area contributed by atoms with E-state index in [1.165, 1.54) is 11.1 Å². The number of benzene rings is 1. The maximum absolute atomic E-state index is 11.5. The van der Waals surface area contributed by atoms with Gasteiger partial charge in [-0.25, -0.2) is 0 Å². The van der Waals surface area contributed by atoms with Gasteiger partial charge in [0.2, 0.25) is 5.91 Å². The van der Waals surface area contributed by atoms with Crippen molar-refractivity contribution in [2.45, 2.75) is 45.6 Å². The van der Waals surface area contributed by atoms with Gasteiger partial charge in [0.25, 0.3) is 0 Å². The van der Waals surface area contributed by atoms with Crippen molar-refractivity contribution < 1.29 is 4.79 Å². The van der Waals surface area contributed by atoms with Crippen LogP contribution in [0.3, 0.4) is 0 Å². The highest BCUT2D eigenvalue weighted by Gasteiger charge is 2.20. The molecule has 1 rings (SSSR count). The Labute approximate surface area is 110 Å². The summed E-state index contributed by atoms with van der Waals surface area (Å²) in [5.74, 6) is -0.0937. The first kappa shape index (κ1) is 14.7. The summed E-state index contributed by atoms with van der Waals surface area (Å²) in [6.07, 6.45) is 2.99. The summed E-state index contributed by atoms with van der Waals surface area (Å²) in [5, 5.41) is 2.85. The number of hydrogen-bond donors (Lipinski definition) is 2. The maximum Gasteiger partial charge on any atom is 0.239 e. The first-order valence-corrected chi connectivity index (χ1v) is 6.58. The number of carbonyl (C=O) groups is 1. The van der Waals surface area contributed by atoms with Gasteiger partial charge in [-0.1, -0.05) is 31.2 Å². The van der Waals surface area contributed by atoms with Gasteiger partial charge in [0, 0.05) is 6.54 Å². The molecule has 0 saturated carbocycles. The lowest BCUT2D eigenvalue weighted by atomic mass is 10.1. The molecule has 0 aliphatic carbocycles. The first-order chi connectivity index (χ1) is 8.43. The van der Waals surface area contributed by atoms with E-state index in [-0.39, 0.29) is 5.91 Å². The van der Waals surface area contributed by atoms with Crippen molar-refractivity contribution in [1.29, 1.82) is 0 Å². The Hall–Kier alpha value is -1.35. The third kappa shape index (κ3) is 4.88. The Bertz CT molecular complexity index is 376. The van der Waals surface area contributed by atoms with Crippen LogP contribution in [-0.4, -0.2) is 18.0 Å². The molecular formula is C15H24N2O. The van der Waals surface area contributed by atoms with Crippen LogP contribution in [0.1, 0.15) is 38.3 Å². The summed E-state index contributed by atoms with van der Waals surface area (Å²) in [5.41, 5.74) is 7.57. The van der Waals surface area contributed by atoms with Crippen molar-refractivity contribution in [1.82, 2.24) is 5.32 Å². The highest BCUT2D eigenvalue weighted by Crippen LogP contribution is 2.07. The molecule has 0 aliphatic heterocycles. The number of carbonyl (C=O) groups excluding carboxylic acids is 1. The van der Waals surface area contributed by atoms with Gasteiger partial charge >= 0.3 is 0 Å². The molecule has 0 fully saturated rings. The van der Waals surface area contributed by atoms with Crippen LogP contribution in [0, 0.1) is 0 Å². The highest BCUT2D eigenvalue weighted by atomic mass is 16.2. The second-order valence-electron chi connectivity index (χ2n) is 5.25. The van der Waals surface area contributed by atoms with E-state index in [0.717, 1.165) is 19.3 Å². The van der Waals surface area contributed by atoms with E-state index >= 15 is 0 Å². The molecule has 3 nitrogen and oxygen atoms in total. The van der Waals surface area contributed by atoms with Gasteiger partial charge in [-0.3, -0.25) is 4.79 Å². The second kappa shape index (κ2) is 6.55. The second-order valence-corrected chi connectivity index (χ2v) is 5.25. The predicted octanol–water partition coefficient (Wildman–Crippen LogP) is 2.04. The van der Waals surface area contributed by atoms with Crippen LogP contribution in [-0.2, 0) is 17.6 Å². The van der Waals surface area contributed by atoms with E-state index in [1.54, 1.807) is 13.8 Å². The molecule has 3 heteroatoms. The van der Waals surface area contributed by atoms with Gasteiger partial charge in [-0.15, -0.1) is 0 Å². The molecular weight excluding hydrogens is 224 g/mol. The predicted molar refractivity (Wildman–Crippen MR) is 75.4 cm³/mol. The molecule has 0 bridgehead atoms. The average molecular weight is 248 g/mol. The Kier molecular flexibility index (Phi) is 5.35. The molecule has 0 spiro atoms. The van der Waals surface area contributed by atoms with Crippen LogP contribution in [0.2, 0.25) is 0 Å². The Balaban J connectivity index is 2.27.